The third kappa shape index (κ3) is 12.1. The number of thiocarbonyl (C=S) groups is 1. The molecule has 0 unspecified atom stereocenters. The fourth-order valence-electron chi connectivity index (χ4n) is 8.49. The number of carbonyl (C=O) groups is 4. The number of ether oxygens (including phenoxy) is 3. The minimum absolute atomic E-state index is 0.218. The Balaban J connectivity index is 0.824. The van der Waals surface area contributed by atoms with Gasteiger partial charge in [0, 0.05) is 37.7 Å². The van der Waals surface area contributed by atoms with E-state index in [1.54, 1.807) is 46.6 Å². The molecule has 4 heterocycles. The second kappa shape index (κ2) is 22.4. The van der Waals surface area contributed by atoms with E-state index in [9.17, 15) is 32.3 Å². The Labute approximate surface area is 429 Å². The molecule has 0 saturated carbocycles. The van der Waals surface area contributed by atoms with Crippen molar-refractivity contribution in [3.05, 3.63) is 118 Å². The normalized spacial score (nSPS) is 16.1. The van der Waals surface area contributed by atoms with E-state index in [1.165, 1.54) is 37.1 Å². The Morgan fingerprint density at radius 1 is 0.959 bits per heavy atom. The predicted octanol–water partition coefficient (Wildman–Crippen LogP) is 8.78. The van der Waals surface area contributed by atoms with Crippen LogP contribution in [0.5, 0.6) is 11.6 Å². The lowest BCUT2D eigenvalue weighted by Gasteiger charge is -2.35. The van der Waals surface area contributed by atoms with Gasteiger partial charge in [0.05, 0.1) is 58.5 Å². The topological polar surface area (TPSA) is 179 Å². The number of pyridine rings is 1. The molecule has 2 atom stereocenters. The zero-order valence-electron chi connectivity index (χ0n) is 41.0. The summed E-state index contributed by atoms with van der Waals surface area (Å²) in [6.07, 6.45) is -2.15. The van der Waals surface area contributed by atoms with E-state index >= 15 is 4.39 Å². The van der Waals surface area contributed by atoms with Gasteiger partial charge in [0.15, 0.2) is 10.9 Å². The van der Waals surface area contributed by atoms with Gasteiger partial charge in [0.2, 0.25) is 17.7 Å². The number of nitriles is 1. The first-order valence-corrected chi connectivity index (χ1v) is 24.7. The summed E-state index contributed by atoms with van der Waals surface area (Å²) in [6.45, 7) is 12.3. The van der Waals surface area contributed by atoms with Crippen molar-refractivity contribution in [3.63, 3.8) is 0 Å². The molecule has 0 bridgehead atoms. The Kier molecular flexibility index (Phi) is 16.5. The summed E-state index contributed by atoms with van der Waals surface area (Å²) in [5, 5.41) is 14.8. The van der Waals surface area contributed by atoms with Gasteiger partial charge in [-0.3, -0.25) is 24.1 Å². The van der Waals surface area contributed by atoms with Crippen LogP contribution in [0.15, 0.2) is 84.5 Å². The number of benzene rings is 3. The van der Waals surface area contributed by atoms with Crippen LogP contribution < -0.4 is 29.9 Å². The maximum absolute atomic E-state index is 15.4. The van der Waals surface area contributed by atoms with Crippen LogP contribution in [0.3, 0.4) is 0 Å². The molecule has 2 aliphatic rings. The van der Waals surface area contributed by atoms with Crippen LogP contribution >= 0.6 is 23.6 Å². The average Bonchev–Trinajstić information content (AvgIpc) is 4.07. The van der Waals surface area contributed by atoms with Crippen LogP contribution in [0.4, 0.5) is 28.9 Å². The van der Waals surface area contributed by atoms with Crippen molar-refractivity contribution in [2.24, 2.45) is 5.41 Å². The first kappa shape index (κ1) is 53.8. The molecule has 5 aromatic rings. The van der Waals surface area contributed by atoms with Crippen LogP contribution in [0, 0.1) is 29.5 Å². The third-order valence-electron chi connectivity index (χ3n) is 12.4. The molecule has 7 rings (SSSR count). The highest BCUT2D eigenvalue weighted by molar-refractivity contribution is 7.81. The van der Waals surface area contributed by atoms with Crippen molar-refractivity contribution in [2.75, 3.05) is 42.8 Å². The number of hydrogen-bond acceptors (Lipinski definition) is 12. The molecule has 0 aliphatic carbocycles. The smallest absolute Gasteiger partial charge is 0.420 e. The number of thiazole rings is 1. The van der Waals surface area contributed by atoms with Gasteiger partial charge in [-0.1, -0.05) is 45.0 Å². The van der Waals surface area contributed by atoms with Gasteiger partial charge in [-0.2, -0.15) is 18.4 Å². The van der Waals surface area contributed by atoms with E-state index in [1.807, 2.05) is 57.5 Å². The fourth-order valence-corrected chi connectivity index (χ4v) is 9.82. The lowest BCUT2D eigenvalue weighted by atomic mass is 9.85. The zero-order valence-corrected chi connectivity index (χ0v) is 42.6. The van der Waals surface area contributed by atoms with Crippen LogP contribution in [-0.4, -0.2) is 94.2 Å². The summed E-state index contributed by atoms with van der Waals surface area (Å²) in [5.41, 5.74) is -0.148. The highest BCUT2D eigenvalue weighted by Gasteiger charge is 2.52. The predicted molar refractivity (Wildman–Crippen MR) is 269 cm³/mol. The molecule has 2 aromatic heterocycles. The van der Waals surface area contributed by atoms with Crippen LogP contribution in [0.2, 0.25) is 0 Å². The standard InChI is InChI=1S/C52H54F4N8O7S2/c1-31-43(73-30-60-31)33-12-10-32(11-13-33)28-59-46(66)39-9-7-22-62(39)47(67)44(50(2,3)4)61-45(65)34-14-18-37(19-15-34)70-26-25-69-23-8-24-71-40-21-17-36(29-58-40)64-49(72)63(48(68)51(64,5)6)38-20-16-35(27-57)41(42(38)53)52(54,55)56/h10-21,29-30,39,44H,7-9,22-26,28H2,1-6H3,(H,59,66)(H,61,65)/t39-,44+/m0/s1. The summed E-state index contributed by atoms with van der Waals surface area (Å²) >= 11 is 7.07. The van der Waals surface area contributed by atoms with Crippen molar-refractivity contribution in [2.45, 2.75) is 91.1 Å². The number of rotatable bonds is 18. The Hall–Kier alpha value is -7.02. The van der Waals surface area contributed by atoms with E-state index in [2.05, 4.69) is 20.6 Å². The Bertz CT molecular complexity index is 2880. The molecule has 2 saturated heterocycles. The molecule has 21 heteroatoms. The lowest BCUT2D eigenvalue weighted by molar-refractivity contribution is -0.142. The molecule has 2 N–H and O–H groups in total. The number of aryl methyl sites for hydroxylation is 1. The Morgan fingerprint density at radius 2 is 1.68 bits per heavy atom. The number of likely N-dealkylation sites (tertiary alicyclic amines) is 1. The van der Waals surface area contributed by atoms with Crippen molar-refractivity contribution in [1.29, 1.82) is 5.26 Å². The van der Waals surface area contributed by atoms with E-state index in [4.69, 9.17) is 31.7 Å². The molecule has 15 nitrogen and oxygen atoms in total. The summed E-state index contributed by atoms with van der Waals surface area (Å²) in [6, 6.07) is 19.0. The number of carbonyl (C=O) groups excluding carboxylic acids is 4. The molecule has 73 heavy (non-hydrogen) atoms. The summed E-state index contributed by atoms with van der Waals surface area (Å²) < 4.78 is 73.8. The molecular formula is C52H54F4N8O7S2. The second-order valence-corrected chi connectivity index (χ2v) is 20.2. The largest absolute Gasteiger partial charge is 0.491 e. The van der Waals surface area contributed by atoms with E-state index < -0.39 is 63.7 Å². The van der Waals surface area contributed by atoms with E-state index in [0.29, 0.717) is 60.9 Å². The van der Waals surface area contributed by atoms with Gasteiger partial charge in [0.25, 0.3) is 11.8 Å². The molecule has 2 aliphatic heterocycles. The number of nitrogens with zero attached hydrogens (tertiary/aromatic N) is 6. The minimum Gasteiger partial charge on any atom is -0.491 e. The van der Waals surface area contributed by atoms with Crippen molar-refractivity contribution < 1.29 is 51.0 Å². The van der Waals surface area contributed by atoms with Gasteiger partial charge in [-0.15, -0.1) is 11.3 Å². The van der Waals surface area contributed by atoms with Gasteiger partial charge < -0.3 is 34.6 Å². The van der Waals surface area contributed by atoms with Crippen molar-refractivity contribution in [1.82, 2.24) is 25.5 Å². The molecule has 0 spiro atoms. The number of alkyl halides is 3. The summed E-state index contributed by atoms with van der Waals surface area (Å²) in [7, 11) is 0. The number of anilines is 2. The van der Waals surface area contributed by atoms with Crippen molar-refractivity contribution in [3.8, 4) is 28.1 Å². The zero-order chi connectivity index (χ0) is 52.8. The first-order chi connectivity index (χ1) is 34.6. The molecule has 384 valence electrons. The van der Waals surface area contributed by atoms with Gasteiger partial charge >= 0.3 is 6.18 Å². The highest BCUT2D eigenvalue weighted by Crippen LogP contribution is 2.42. The van der Waals surface area contributed by atoms with Crippen molar-refractivity contribution >= 4 is 63.7 Å². The molecular weight excluding hydrogens is 989 g/mol. The monoisotopic (exact) mass is 1040 g/mol. The minimum atomic E-state index is -5.20. The molecule has 3 aromatic carbocycles. The van der Waals surface area contributed by atoms with E-state index in [-0.39, 0.29) is 42.6 Å². The molecule has 0 radical (unpaired) electrons. The molecule has 4 amide bonds. The number of amides is 4. The Morgan fingerprint density at radius 3 is 2.32 bits per heavy atom. The fraction of sp³-hybridized carbons (Fsp3) is 0.385. The third-order valence-corrected chi connectivity index (χ3v) is 13.7. The number of hydrogen-bond donors (Lipinski definition) is 2. The quantitative estimate of drug-likeness (QED) is 0.0485. The number of halogens is 4. The number of aromatic nitrogens is 2. The maximum atomic E-state index is 15.4. The molecule has 2 fully saturated rings. The van der Waals surface area contributed by atoms with Gasteiger partial charge in [-0.25, -0.2) is 14.4 Å². The highest BCUT2D eigenvalue weighted by atomic mass is 32.1. The maximum Gasteiger partial charge on any atom is 0.420 e. The second-order valence-electron chi connectivity index (χ2n) is 18.9. The summed E-state index contributed by atoms with van der Waals surface area (Å²) in [4.78, 5) is 67.9. The van der Waals surface area contributed by atoms with Gasteiger partial charge in [0.1, 0.15) is 35.5 Å². The summed E-state index contributed by atoms with van der Waals surface area (Å²) in [5.74, 6) is -2.83. The lowest BCUT2D eigenvalue weighted by Crippen LogP contribution is -2.57. The number of nitrogens with one attached hydrogen (secondary N) is 2. The first-order valence-electron chi connectivity index (χ1n) is 23.4. The SMILES string of the molecule is Cc1ncsc1-c1ccc(CNC(=O)[C@@H]2CCCN2C(=O)[C@@H](NC(=O)c2ccc(OCCOCCCOc3ccc(N4C(=S)N(c5ccc(C#N)c(C(F)(F)F)c5F)C(=O)C4(C)C)cn3)cc2)C(C)(C)C)cc1. The van der Waals surface area contributed by atoms with Gasteiger partial charge in [-0.05, 0) is 105 Å². The van der Waals surface area contributed by atoms with Crippen LogP contribution in [0.1, 0.15) is 86.6 Å². The van der Waals surface area contributed by atoms with Crippen LogP contribution in [0.25, 0.3) is 10.4 Å². The van der Waals surface area contributed by atoms with E-state index in [0.717, 1.165) is 33.8 Å². The average molecular weight is 1040 g/mol. The van der Waals surface area contributed by atoms with Crippen LogP contribution in [-0.2, 0) is 31.8 Å².